The molecule has 2 aromatic heterocycles. The molecule has 7 heteroatoms. The molecule has 2 aromatic rings. The zero-order valence-electron chi connectivity index (χ0n) is 15.2. The van der Waals surface area contributed by atoms with Gasteiger partial charge in [0.15, 0.2) is 5.65 Å². The van der Waals surface area contributed by atoms with Gasteiger partial charge in [-0.3, -0.25) is 14.6 Å². The Balaban J connectivity index is 1.19. The van der Waals surface area contributed by atoms with Crippen LogP contribution in [-0.4, -0.2) is 81.1 Å². The highest BCUT2D eigenvalue weighted by molar-refractivity contribution is 5.81. The number of amides is 1. The van der Waals surface area contributed by atoms with Crippen LogP contribution < -0.4 is 0 Å². The van der Waals surface area contributed by atoms with Crippen molar-refractivity contribution in [1.82, 2.24) is 29.9 Å². The van der Waals surface area contributed by atoms with Crippen molar-refractivity contribution in [2.24, 2.45) is 0 Å². The van der Waals surface area contributed by atoms with E-state index in [4.69, 9.17) is 0 Å². The summed E-state index contributed by atoms with van der Waals surface area (Å²) < 4.78 is 0. The Bertz CT molecular complexity index is 805. The number of aromatic amines is 1. The summed E-state index contributed by atoms with van der Waals surface area (Å²) in [5.74, 6) is 0.276. The molecule has 0 spiro atoms. The van der Waals surface area contributed by atoms with Crippen LogP contribution in [0, 0.1) is 0 Å². The van der Waals surface area contributed by atoms with E-state index in [1.165, 1.54) is 35.9 Å². The number of H-pyrrole nitrogens is 1. The van der Waals surface area contributed by atoms with E-state index in [0.29, 0.717) is 6.54 Å². The minimum absolute atomic E-state index is 0.276. The van der Waals surface area contributed by atoms with E-state index in [0.717, 1.165) is 57.4 Å². The molecule has 2 aliphatic heterocycles. The molecule has 1 amide bonds. The minimum Gasteiger partial charge on any atom is -0.340 e. The summed E-state index contributed by atoms with van der Waals surface area (Å²) in [4.78, 5) is 23.0. The number of nitrogens with one attached hydrogen (secondary N) is 1. The quantitative estimate of drug-likeness (QED) is 0.891. The van der Waals surface area contributed by atoms with Gasteiger partial charge in [0.05, 0.1) is 12.7 Å². The maximum Gasteiger partial charge on any atom is 0.236 e. The van der Waals surface area contributed by atoms with Crippen LogP contribution in [0.15, 0.2) is 12.3 Å². The lowest BCUT2D eigenvalue weighted by Gasteiger charge is -2.43. The molecular formula is C19H26N6O. The highest BCUT2D eigenvalue weighted by Gasteiger charge is 2.30. The Morgan fingerprint density at radius 2 is 2.04 bits per heavy atom. The first-order valence-electron chi connectivity index (χ1n) is 9.83. The number of rotatable bonds is 3. The molecular weight excluding hydrogens is 328 g/mol. The monoisotopic (exact) mass is 354 g/mol. The molecule has 138 valence electrons. The van der Waals surface area contributed by atoms with Crippen LogP contribution in [0.4, 0.5) is 0 Å². The number of piperazine rings is 1. The minimum atomic E-state index is 0.276. The van der Waals surface area contributed by atoms with E-state index >= 15 is 0 Å². The number of carbonyl (C=O) groups excluding carboxylic acids is 1. The molecule has 0 aromatic carbocycles. The third-order valence-corrected chi connectivity index (χ3v) is 6.36. The Morgan fingerprint density at radius 1 is 1.19 bits per heavy atom. The molecule has 2 fully saturated rings. The number of hydrogen-bond donors (Lipinski definition) is 1. The highest BCUT2D eigenvalue weighted by atomic mass is 16.2. The standard InChI is InChI=1S/C19H26N6O/c26-18(25-10-8-24(9-11-25)14-2-1-3-14)13-23-7-5-15-16-4-6-20-22-19(16)21-17(15)12-23/h4,6,14H,1-3,5,7-13H2,(H,21,22). The van der Waals surface area contributed by atoms with Gasteiger partial charge in [0.1, 0.15) is 0 Å². The van der Waals surface area contributed by atoms with E-state index in [1.54, 1.807) is 6.20 Å². The van der Waals surface area contributed by atoms with Crippen LogP contribution in [0.3, 0.4) is 0 Å². The lowest BCUT2D eigenvalue weighted by Crippen LogP contribution is -2.55. The van der Waals surface area contributed by atoms with Gasteiger partial charge in [-0.15, -0.1) is 5.10 Å². The fourth-order valence-corrected chi connectivity index (χ4v) is 4.56. The molecule has 0 bridgehead atoms. The van der Waals surface area contributed by atoms with Gasteiger partial charge >= 0.3 is 0 Å². The van der Waals surface area contributed by atoms with Crippen LogP contribution in [0.25, 0.3) is 11.0 Å². The fraction of sp³-hybridized carbons (Fsp3) is 0.632. The molecule has 1 saturated heterocycles. The third kappa shape index (κ3) is 2.89. The van der Waals surface area contributed by atoms with E-state index in [-0.39, 0.29) is 5.91 Å². The molecule has 1 N–H and O–H groups in total. The lowest BCUT2D eigenvalue weighted by molar-refractivity contribution is -0.135. The lowest BCUT2D eigenvalue weighted by atomic mass is 9.91. The second-order valence-corrected chi connectivity index (χ2v) is 7.84. The Morgan fingerprint density at radius 3 is 2.81 bits per heavy atom. The van der Waals surface area contributed by atoms with Gasteiger partial charge in [-0.1, -0.05) is 6.42 Å². The van der Waals surface area contributed by atoms with Crippen molar-refractivity contribution in [2.75, 3.05) is 39.3 Å². The van der Waals surface area contributed by atoms with E-state index in [1.807, 2.05) is 6.07 Å². The maximum absolute atomic E-state index is 12.7. The van der Waals surface area contributed by atoms with Crippen molar-refractivity contribution >= 4 is 16.9 Å². The van der Waals surface area contributed by atoms with Crippen LogP contribution in [-0.2, 0) is 17.8 Å². The number of aromatic nitrogens is 3. The topological polar surface area (TPSA) is 68.4 Å². The first kappa shape index (κ1) is 16.2. The predicted molar refractivity (Wildman–Crippen MR) is 98.7 cm³/mol. The number of carbonyl (C=O) groups is 1. The van der Waals surface area contributed by atoms with Crippen molar-refractivity contribution in [3.8, 4) is 0 Å². The average molecular weight is 354 g/mol. The summed E-state index contributed by atoms with van der Waals surface area (Å²) >= 11 is 0. The molecule has 0 unspecified atom stereocenters. The molecule has 5 rings (SSSR count). The van der Waals surface area contributed by atoms with Gasteiger partial charge in [-0.05, 0) is 30.9 Å². The third-order valence-electron chi connectivity index (χ3n) is 6.36. The molecule has 4 heterocycles. The summed E-state index contributed by atoms with van der Waals surface area (Å²) in [6.45, 7) is 6.09. The first-order valence-corrected chi connectivity index (χ1v) is 9.83. The molecule has 1 aliphatic carbocycles. The second kappa shape index (κ2) is 6.63. The highest BCUT2D eigenvalue weighted by Crippen LogP contribution is 2.27. The van der Waals surface area contributed by atoms with Crippen LogP contribution in [0.2, 0.25) is 0 Å². The maximum atomic E-state index is 12.7. The smallest absolute Gasteiger partial charge is 0.236 e. The molecule has 0 atom stereocenters. The Hall–Kier alpha value is -1.99. The Kier molecular flexibility index (Phi) is 4.13. The zero-order valence-corrected chi connectivity index (χ0v) is 15.2. The molecule has 1 saturated carbocycles. The largest absolute Gasteiger partial charge is 0.340 e. The van der Waals surface area contributed by atoms with Crippen LogP contribution >= 0.6 is 0 Å². The fourth-order valence-electron chi connectivity index (χ4n) is 4.56. The van der Waals surface area contributed by atoms with Gasteiger partial charge in [0, 0.05) is 56.4 Å². The first-order chi connectivity index (χ1) is 12.8. The summed E-state index contributed by atoms with van der Waals surface area (Å²) in [7, 11) is 0. The van der Waals surface area contributed by atoms with Gasteiger partial charge in [0.25, 0.3) is 0 Å². The molecule has 26 heavy (non-hydrogen) atoms. The van der Waals surface area contributed by atoms with Gasteiger partial charge in [0.2, 0.25) is 5.91 Å². The van der Waals surface area contributed by atoms with Crippen LogP contribution in [0.5, 0.6) is 0 Å². The van der Waals surface area contributed by atoms with Gasteiger partial charge < -0.3 is 9.88 Å². The van der Waals surface area contributed by atoms with E-state index in [9.17, 15) is 4.79 Å². The number of fused-ring (bicyclic) bond motifs is 3. The van der Waals surface area contributed by atoms with E-state index in [2.05, 4.69) is 29.9 Å². The van der Waals surface area contributed by atoms with Crippen molar-refractivity contribution in [3.63, 3.8) is 0 Å². The van der Waals surface area contributed by atoms with Crippen LogP contribution in [0.1, 0.15) is 30.5 Å². The molecule has 7 nitrogen and oxygen atoms in total. The van der Waals surface area contributed by atoms with Gasteiger partial charge in [-0.2, -0.15) is 5.10 Å². The van der Waals surface area contributed by atoms with Crippen molar-refractivity contribution in [2.45, 2.75) is 38.3 Å². The molecule has 3 aliphatic rings. The zero-order chi connectivity index (χ0) is 17.5. The van der Waals surface area contributed by atoms with E-state index < -0.39 is 0 Å². The van der Waals surface area contributed by atoms with Crippen molar-refractivity contribution < 1.29 is 4.79 Å². The summed E-state index contributed by atoms with van der Waals surface area (Å²) in [5, 5.41) is 9.30. The number of nitrogens with zero attached hydrogens (tertiary/aromatic N) is 5. The summed E-state index contributed by atoms with van der Waals surface area (Å²) in [6, 6.07) is 2.82. The van der Waals surface area contributed by atoms with Crippen molar-refractivity contribution in [1.29, 1.82) is 0 Å². The molecule has 0 radical (unpaired) electrons. The predicted octanol–water partition coefficient (Wildman–Crippen LogP) is 1.01. The van der Waals surface area contributed by atoms with Gasteiger partial charge in [-0.25, -0.2) is 0 Å². The Labute approximate surface area is 153 Å². The number of hydrogen-bond acceptors (Lipinski definition) is 5. The summed E-state index contributed by atoms with van der Waals surface area (Å²) in [5.41, 5.74) is 3.39. The summed E-state index contributed by atoms with van der Waals surface area (Å²) in [6.07, 6.45) is 6.78. The SMILES string of the molecule is O=C(CN1CCc2c([nH]c3nnccc23)C1)N1CCN(C2CCC2)CC1. The second-order valence-electron chi connectivity index (χ2n) is 7.84. The van der Waals surface area contributed by atoms with Crippen molar-refractivity contribution in [3.05, 3.63) is 23.5 Å². The normalized spacial score (nSPS) is 22.4. The average Bonchev–Trinajstić information content (AvgIpc) is 2.98.